The lowest BCUT2D eigenvalue weighted by atomic mass is 10.2. The van der Waals surface area contributed by atoms with Crippen LogP contribution in [0.3, 0.4) is 0 Å². The molecule has 24 heavy (non-hydrogen) atoms. The van der Waals surface area contributed by atoms with Crippen LogP contribution in [-0.4, -0.2) is 22.9 Å². The van der Waals surface area contributed by atoms with Gasteiger partial charge in [-0.05, 0) is 43.3 Å². The summed E-state index contributed by atoms with van der Waals surface area (Å²) >= 11 is 5.74. The number of hydrogen-bond donors (Lipinski definition) is 1. The van der Waals surface area contributed by atoms with Crippen LogP contribution in [0.15, 0.2) is 48.5 Å². The van der Waals surface area contributed by atoms with Gasteiger partial charge in [-0.25, -0.2) is 4.79 Å². The molecule has 0 bridgehead atoms. The fourth-order valence-corrected chi connectivity index (χ4v) is 1.90. The van der Waals surface area contributed by atoms with Crippen LogP contribution >= 0.6 is 11.6 Å². The Hall–Kier alpha value is -2.93. The first kappa shape index (κ1) is 17.4. The second-order valence-electron chi connectivity index (χ2n) is 4.85. The minimum absolute atomic E-state index is 0.0878. The van der Waals surface area contributed by atoms with Gasteiger partial charge in [-0.15, -0.1) is 0 Å². The maximum atomic E-state index is 12.0. The highest BCUT2D eigenvalue weighted by atomic mass is 35.5. The number of anilines is 1. The monoisotopic (exact) mass is 348 g/mol. The average molecular weight is 349 g/mol. The number of hydrogen-bond acceptors (Lipinski definition) is 5. The molecule has 1 amide bonds. The molecule has 1 atom stereocenters. The van der Waals surface area contributed by atoms with Crippen LogP contribution in [0, 0.1) is 10.1 Å². The van der Waals surface area contributed by atoms with Crippen molar-refractivity contribution < 1.29 is 19.2 Å². The van der Waals surface area contributed by atoms with Crippen molar-refractivity contribution in [2.45, 2.75) is 13.0 Å². The summed E-state index contributed by atoms with van der Waals surface area (Å²) in [5, 5.41) is 13.6. The molecule has 1 unspecified atom stereocenters. The number of non-ortho nitro benzene ring substituents is 1. The zero-order chi connectivity index (χ0) is 17.7. The third-order valence-electron chi connectivity index (χ3n) is 3.08. The van der Waals surface area contributed by atoms with Crippen LogP contribution < -0.4 is 5.32 Å². The number of benzene rings is 2. The molecule has 8 heteroatoms. The number of amides is 1. The van der Waals surface area contributed by atoms with Crippen molar-refractivity contribution in [1.82, 2.24) is 0 Å². The fraction of sp³-hybridized carbons (Fsp3) is 0.125. The maximum Gasteiger partial charge on any atom is 0.338 e. The molecule has 2 aromatic carbocycles. The van der Waals surface area contributed by atoms with E-state index in [1.807, 2.05) is 0 Å². The molecule has 0 fully saturated rings. The lowest BCUT2D eigenvalue weighted by Crippen LogP contribution is -2.29. The van der Waals surface area contributed by atoms with E-state index in [1.165, 1.54) is 43.3 Å². The van der Waals surface area contributed by atoms with Gasteiger partial charge in [0.2, 0.25) is 0 Å². The molecule has 7 nitrogen and oxygen atoms in total. The summed E-state index contributed by atoms with van der Waals surface area (Å²) in [6.45, 7) is 1.43. The summed E-state index contributed by atoms with van der Waals surface area (Å²) < 4.78 is 5.07. The van der Waals surface area contributed by atoms with Crippen molar-refractivity contribution >= 4 is 34.9 Å². The Bertz CT molecular complexity index is 759. The Balaban J connectivity index is 1.95. The second kappa shape index (κ2) is 7.56. The molecule has 2 rings (SSSR count). The Morgan fingerprint density at radius 3 is 2.25 bits per heavy atom. The van der Waals surface area contributed by atoms with E-state index in [1.54, 1.807) is 12.1 Å². The van der Waals surface area contributed by atoms with Crippen LogP contribution in [0.4, 0.5) is 11.4 Å². The number of nitro groups is 1. The van der Waals surface area contributed by atoms with Crippen LogP contribution in [0.2, 0.25) is 5.02 Å². The summed E-state index contributed by atoms with van der Waals surface area (Å²) in [7, 11) is 0. The maximum absolute atomic E-state index is 12.0. The summed E-state index contributed by atoms with van der Waals surface area (Å²) in [6.07, 6.45) is -1.04. The van der Waals surface area contributed by atoms with Crippen LogP contribution in [0.1, 0.15) is 17.3 Å². The lowest BCUT2D eigenvalue weighted by Gasteiger charge is -2.13. The second-order valence-corrected chi connectivity index (χ2v) is 5.28. The van der Waals surface area contributed by atoms with E-state index in [4.69, 9.17) is 16.3 Å². The number of ether oxygens (including phenoxy) is 1. The summed E-state index contributed by atoms with van der Waals surface area (Å²) in [6, 6.07) is 11.4. The number of halogens is 1. The normalized spacial score (nSPS) is 11.4. The molecule has 0 spiro atoms. The topological polar surface area (TPSA) is 98.5 Å². The van der Waals surface area contributed by atoms with Gasteiger partial charge in [0, 0.05) is 22.8 Å². The smallest absolute Gasteiger partial charge is 0.338 e. The molecule has 0 radical (unpaired) electrons. The van der Waals surface area contributed by atoms with Crippen molar-refractivity contribution in [3.63, 3.8) is 0 Å². The number of nitrogens with zero attached hydrogens (tertiary/aromatic N) is 1. The van der Waals surface area contributed by atoms with Gasteiger partial charge in [0.1, 0.15) is 0 Å². The largest absolute Gasteiger partial charge is 0.449 e. The standard InChI is InChI=1S/C16H13ClN2O5/c1-10(24-16(21)11-2-4-12(17)5-3-11)15(20)18-13-6-8-14(9-7-13)19(22)23/h2-10H,1H3,(H,18,20). The van der Waals surface area contributed by atoms with Crippen molar-refractivity contribution in [3.05, 3.63) is 69.2 Å². The fourth-order valence-electron chi connectivity index (χ4n) is 1.78. The molecule has 0 aliphatic carbocycles. The Morgan fingerprint density at radius 1 is 1.12 bits per heavy atom. The Labute approximate surface area is 142 Å². The van der Waals surface area contributed by atoms with E-state index < -0.39 is 22.9 Å². The molecule has 0 aromatic heterocycles. The predicted octanol–water partition coefficient (Wildman–Crippen LogP) is 3.43. The molecule has 0 aliphatic heterocycles. The quantitative estimate of drug-likeness (QED) is 0.507. The number of rotatable bonds is 5. The Morgan fingerprint density at radius 2 is 1.71 bits per heavy atom. The first-order chi connectivity index (χ1) is 11.4. The van der Waals surface area contributed by atoms with Gasteiger partial charge in [0.15, 0.2) is 6.10 Å². The summed E-state index contributed by atoms with van der Waals surface area (Å²) in [5.41, 5.74) is 0.546. The van der Waals surface area contributed by atoms with E-state index in [2.05, 4.69) is 5.32 Å². The van der Waals surface area contributed by atoms with Crippen LogP contribution in [-0.2, 0) is 9.53 Å². The van der Waals surface area contributed by atoms with Crippen molar-refractivity contribution in [2.75, 3.05) is 5.32 Å². The lowest BCUT2D eigenvalue weighted by molar-refractivity contribution is -0.384. The zero-order valence-electron chi connectivity index (χ0n) is 12.6. The van der Waals surface area contributed by atoms with Gasteiger partial charge < -0.3 is 10.1 Å². The van der Waals surface area contributed by atoms with Crippen molar-refractivity contribution in [1.29, 1.82) is 0 Å². The molecule has 2 aromatic rings. The van der Waals surface area contributed by atoms with Gasteiger partial charge in [-0.3, -0.25) is 14.9 Å². The van der Waals surface area contributed by atoms with E-state index >= 15 is 0 Å². The van der Waals surface area contributed by atoms with Gasteiger partial charge in [-0.2, -0.15) is 0 Å². The molecule has 124 valence electrons. The van der Waals surface area contributed by atoms with E-state index in [0.29, 0.717) is 10.7 Å². The number of carbonyl (C=O) groups is 2. The summed E-state index contributed by atoms with van der Waals surface area (Å²) in [4.78, 5) is 34.0. The SMILES string of the molecule is CC(OC(=O)c1ccc(Cl)cc1)C(=O)Nc1ccc([N+](=O)[O-])cc1. The first-order valence-electron chi connectivity index (χ1n) is 6.88. The highest BCUT2D eigenvalue weighted by Crippen LogP contribution is 2.16. The third-order valence-corrected chi connectivity index (χ3v) is 3.33. The average Bonchev–Trinajstić information content (AvgIpc) is 2.55. The van der Waals surface area contributed by atoms with Crippen molar-refractivity contribution in [3.8, 4) is 0 Å². The van der Waals surface area contributed by atoms with Gasteiger partial charge in [0.25, 0.3) is 11.6 Å². The molecular weight excluding hydrogens is 336 g/mol. The number of esters is 1. The van der Waals surface area contributed by atoms with E-state index in [9.17, 15) is 19.7 Å². The van der Waals surface area contributed by atoms with Gasteiger partial charge in [0.05, 0.1) is 10.5 Å². The minimum atomic E-state index is -1.04. The van der Waals surface area contributed by atoms with Crippen LogP contribution in [0.25, 0.3) is 0 Å². The molecule has 0 saturated carbocycles. The highest BCUT2D eigenvalue weighted by Gasteiger charge is 2.19. The van der Waals surface area contributed by atoms with Gasteiger partial charge in [-0.1, -0.05) is 11.6 Å². The molecular formula is C16H13ClN2O5. The zero-order valence-corrected chi connectivity index (χ0v) is 13.3. The molecule has 0 saturated heterocycles. The highest BCUT2D eigenvalue weighted by molar-refractivity contribution is 6.30. The number of carbonyl (C=O) groups excluding carboxylic acids is 2. The molecule has 0 heterocycles. The summed E-state index contributed by atoms with van der Waals surface area (Å²) in [5.74, 6) is -1.20. The Kier molecular flexibility index (Phi) is 5.49. The molecule has 0 aliphatic rings. The third kappa shape index (κ3) is 4.53. The predicted molar refractivity (Wildman–Crippen MR) is 88.1 cm³/mol. The van der Waals surface area contributed by atoms with E-state index in [0.717, 1.165) is 0 Å². The first-order valence-corrected chi connectivity index (χ1v) is 7.26. The number of nitrogens with one attached hydrogen (secondary N) is 1. The minimum Gasteiger partial charge on any atom is -0.449 e. The molecule has 1 N–H and O–H groups in total. The van der Waals surface area contributed by atoms with Crippen LogP contribution in [0.5, 0.6) is 0 Å². The van der Waals surface area contributed by atoms with Crippen molar-refractivity contribution in [2.24, 2.45) is 0 Å². The van der Waals surface area contributed by atoms with Gasteiger partial charge >= 0.3 is 5.97 Å². The number of nitro benzene ring substituents is 1. The van der Waals surface area contributed by atoms with E-state index in [-0.39, 0.29) is 11.3 Å².